The van der Waals surface area contributed by atoms with Crippen molar-refractivity contribution in [2.24, 2.45) is 5.92 Å². The highest BCUT2D eigenvalue weighted by molar-refractivity contribution is 5.90. The summed E-state index contributed by atoms with van der Waals surface area (Å²) in [4.78, 5) is 23.0. The topological polar surface area (TPSA) is 83.7 Å². The minimum Gasteiger partial charge on any atom is -0.478 e. The van der Waals surface area contributed by atoms with Crippen molar-refractivity contribution in [2.75, 3.05) is 18.5 Å². The molecule has 1 fully saturated rings. The Morgan fingerprint density at radius 1 is 1.48 bits per heavy atom. The van der Waals surface area contributed by atoms with Crippen LogP contribution >= 0.6 is 0 Å². The number of carboxylic acids is 1. The lowest BCUT2D eigenvalue weighted by molar-refractivity contribution is -0.384. The molecule has 21 heavy (non-hydrogen) atoms. The van der Waals surface area contributed by atoms with Crippen LogP contribution < -0.4 is 4.90 Å². The average Bonchev–Trinajstić information content (AvgIpc) is 2.90. The van der Waals surface area contributed by atoms with E-state index in [0.29, 0.717) is 12.5 Å². The number of nitrogens with zero attached hydrogens (tertiary/aromatic N) is 2. The van der Waals surface area contributed by atoms with Crippen molar-refractivity contribution in [3.63, 3.8) is 0 Å². The Balaban J connectivity index is 2.34. The second kappa shape index (κ2) is 6.07. The van der Waals surface area contributed by atoms with Gasteiger partial charge in [-0.2, -0.15) is 0 Å². The summed E-state index contributed by atoms with van der Waals surface area (Å²) in [5.41, 5.74) is -0.941. The molecule has 0 amide bonds. The van der Waals surface area contributed by atoms with E-state index in [1.54, 1.807) is 11.9 Å². The lowest BCUT2D eigenvalue weighted by Crippen LogP contribution is -2.25. The summed E-state index contributed by atoms with van der Waals surface area (Å²) in [7, 11) is 1.67. The number of rotatable bonds is 5. The molecular formula is C14H17FN2O4. The Morgan fingerprint density at radius 3 is 2.62 bits per heavy atom. The Labute approximate surface area is 121 Å². The fraction of sp³-hybridized carbons (Fsp3) is 0.500. The van der Waals surface area contributed by atoms with E-state index in [1.807, 2.05) is 0 Å². The number of hydrogen-bond acceptors (Lipinski definition) is 4. The van der Waals surface area contributed by atoms with Crippen molar-refractivity contribution in [3.8, 4) is 0 Å². The van der Waals surface area contributed by atoms with Gasteiger partial charge in [-0.1, -0.05) is 12.8 Å². The molecular weight excluding hydrogens is 279 g/mol. The minimum atomic E-state index is -1.51. The smallest absolute Gasteiger partial charge is 0.338 e. The second-order valence-corrected chi connectivity index (χ2v) is 5.41. The van der Waals surface area contributed by atoms with Gasteiger partial charge in [0.15, 0.2) is 0 Å². The van der Waals surface area contributed by atoms with Crippen LogP contribution in [0, 0.1) is 21.8 Å². The number of benzene rings is 1. The van der Waals surface area contributed by atoms with E-state index in [9.17, 15) is 19.3 Å². The van der Waals surface area contributed by atoms with Gasteiger partial charge < -0.3 is 10.0 Å². The van der Waals surface area contributed by atoms with Crippen LogP contribution in [0.25, 0.3) is 0 Å². The summed E-state index contributed by atoms with van der Waals surface area (Å²) in [6, 6.07) is 1.73. The highest BCUT2D eigenvalue weighted by atomic mass is 19.1. The van der Waals surface area contributed by atoms with Gasteiger partial charge in [0.05, 0.1) is 4.92 Å². The van der Waals surface area contributed by atoms with Crippen molar-refractivity contribution in [2.45, 2.75) is 25.7 Å². The lowest BCUT2D eigenvalue weighted by Gasteiger charge is -2.23. The van der Waals surface area contributed by atoms with Gasteiger partial charge in [-0.25, -0.2) is 9.18 Å². The van der Waals surface area contributed by atoms with Gasteiger partial charge in [-0.05, 0) is 18.8 Å². The third-order valence-corrected chi connectivity index (χ3v) is 3.91. The fourth-order valence-electron chi connectivity index (χ4n) is 2.85. The van der Waals surface area contributed by atoms with Gasteiger partial charge in [0.2, 0.25) is 0 Å². The zero-order valence-corrected chi connectivity index (χ0v) is 11.7. The number of anilines is 1. The van der Waals surface area contributed by atoms with E-state index in [0.717, 1.165) is 37.8 Å². The first-order valence-electron chi connectivity index (χ1n) is 6.82. The molecule has 1 aliphatic rings. The van der Waals surface area contributed by atoms with Crippen molar-refractivity contribution in [1.29, 1.82) is 0 Å². The molecule has 0 aliphatic heterocycles. The molecule has 7 heteroatoms. The van der Waals surface area contributed by atoms with E-state index in [4.69, 9.17) is 5.11 Å². The summed E-state index contributed by atoms with van der Waals surface area (Å²) >= 11 is 0. The zero-order chi connectivity index (χ0) is 15.6. The summed E-state index contributed by atoms with van der Waals surface area (Å²) in [6.45, 7) is 0.604. The lowest BCUT2D eigenvalue weighted by atomic mass is 10.1. The molecule has 0 aromatic heterocycles. The maximum atomic E-state index is 13.8. The SMILES string of the molecule is CN(CC1CCCC1)c1cc(F)c(C(=O)O)cc1[N+](=O)[O-]. The van der Waals surface area contributed by atoms with Crippen molar-refractivity contribution in [1.82, 2.24) is 0 Å². The number of carboxylic acid groups (broad SMARTS) is 1. The molecule has 0 radical (unpaired) electrons. The van der Waals surface area contributed by atoms with E-state index in [-0.39, 0.29) is 11.4 Å². The second-order valence-electron chi connectivity index (χ2n) is 5.41. The van der Waals surface area contributed by atoms with Gasteiger partial charge in [-0.3, -0.25) is 10.1 Å². The van der Waals surface area contributed by atoms with Crippen LogP contribution in [0.1, 0.15) is 36.0 Å². The molecule has 2 rings (SSSR count). The first-order chi connectivity index (χ1) is 9.90. The number of hydrogen-bond donors (Lipinski definition) is 1. The van der Waals surface area contributed by atoms with Crippen LogP contribution in [0.2, 0.25) is 0 Å². The standard InChI is InChI=1S/C14H17FN2O4/c1-16(8-9-4-2-3-5-9)12-7-11(15)10(14(18)19)6-13(12)17(20)21/h6-7,9H,2-5,8H2,1H3,(H,18,19). The summed E-state index contributed by atoms with van der Waals surface area (Å²) in [5, 5.41) is 20.0. The molecule has 0 saturated heterocycles. The minimum absolute atomic E-state index is 0.120. The Hall–Kier alpha value is -2.18. The molecule has 1 aliphatic carbocycles. The maximum absolute atomic E-state index is 13.8. The third kappa shape index (κ3) is 3.29. The third-order valence-electron chi connectivity index (χ3n) is 3.91. The molecule has 0 bridgehead atoms. The number of nitro benzene ring substituents is 1. The Morgan fingerprint density at radius 2 is 2.10 bits per heavy atom. The van der Waals surface area contributed by atoms with Crippen LogP contribution in [0.4, 0.5) is 15.8 Å². The number of carbonyl (C=O) groups is 1. The van der Waals surface area contributed by atoms with Crippen molar-refractivity contribution < 1.29 is 19.2 Å². The molecule has 0 atom stereocenters. The van der Waals surface area contributed by atoms with Crippen LogP contribution in [-0.2, 0) is 0 Å². The molecule has 0 heterocycles. The van der Waals surface area contributed by atoms with Gasteiger partial charge >= 0.3 is 5.97 Å². The maximum Gasteiger partial charge on any atom is 0.338 e. The van der Waals surface area contributed by atoms with Gasteiger partial charge in [0.25, 0.3) is 5.69 Å². The van der Waals surface area contributed by atoms with Crippen molar-refractivity contribution >= 4 is 17.3 Å². The molecule has 6 nitrogen and oxygen atoms in total. The molecule has 1 aromatic rings. The normalized spacial score (nSPS) is 15.1. The quantitative estimate of drug-likeness (QED) is 0.667. The van der Waals surface area contributed by atoms with Crippen LogP contribution in [0.15, 0.2) is 12.1 Å². The number of aromatic carboxylic acids is 1. The molecule has 1 N–H and O–H groups in total. The molecule has 0 spiro atoms. The van der Waals surface area contributed by atoms with E-state index >= 15 is 0 Å². The van der Waals surface area contributed by atoms with Crippen LogP contribution in [-0.4, -0.2) is 29.6 Å². The molecule has 1 aromatic carbocycles. The summed E-state index contributed by atoms with van der Waals surface area (Å²) in [6.07, 6.45) is 4.42. The van der Waals surface area contributed by atoms with E-state index in [1.165, 1.54) is 0 Å². The highest BCUT2D eigenvalue weighted by Crippen LogP contribution is 2.33. The monoisotopic (exact) mass is 296 g/mol. The molecule has 114 valence electrons. The van der Waals surface area contributed by atoms with Crippen LogP contribution in [0.3, 0.4) is 0 Å². The fourth-order valence-corrected chi connectivity index (χ4v) is 2.85. The van der Waals surface area contributed by atoms with Gasteiger partial charge in [-0.15, -0.1) is 0 Å². The molecule has 0 unspecified atom stereocenters. The largest absolute Gasteiger partial charge is 0.478 e. The van der Waals surface area contributed by atoms with Crippen molar-refractivity contribution in [3.05, 3.63) is 33.6 Å². The summed E-state index contributed by atoms with van der Waals surface area (Å²) < 4.78 is 13.8. The Kier molecular flexibility index (Phi) is 4.40. The van der Waals surface area contributed by atoms with Crippen LogP contribution in [0.5, 0.6) is 0 Å². The Bertz CT molecular complexity index is 570. The number of nitro groups is 1. The first kappa shape index (κ1) is 15.2. The van der Waals surface area contributed by atoms with E-state index < -0.39 is 22.3 Å². The predicted molar refractivity (Wildman–Crippen MR) is 75.2 cm³/mol. The van der Waals surface area contributed by atoms with Gasteiger partial charge in [0.1, 0.15) is 17.1 Å². The first-order valence-corrected chi connectivity index (χ1v) is 6.82. The predicted octanol–water partition coefficient (Wildman–Crippen LogP) is 3.06. The zero-order valence-electron chi connectivity index (χ0n) is 11.7. The van der Waals surface area contributed by atoms with E-state index in [2.05, 4.69) is 0 Å². The highest BCUT2D eigenvalue weighted by Gasteiger charge is 2.26. The molecule has 1 saturated carbocycles. The number of halogens is 1. The summed E-state index contributed by atoms with van der Waals surface area (Å²) in [5.74, 6) is -2.03. The van der Waals surface area contributed by atoms with Gasteiger partial charge in [0, 0.05) is 25.7 Å². The average molecular weight is 296 g/mol.